The van der Waals surface area contributed by atoms with Gasteiger partial charge in [-0.3, -0.25) is 4.79 Å². The summed E-state index contributed by atoms with van der Waals surface area (Å²) >= 11 is 0. The largest absolute Gasteiger partial charge is 0.497 e. The molecule has 0 unspecified atom stereocenters. The lowest BCUT2D eigenvalue weighted by atomic mass is 10.2. The van der Waals surface area contributed by atoms with E-state index in [-0.39, 0.29) is 5.56 Å². The quantitative estimate of drug-likeness (QED) is 0.825. The van der Waals surface area contributed by atoms with Crippen LogP contribution in [0.2, 0.25) is 0 Å². The maximum atomic E-state index is 11.7. The van der Waals surface area contributed by atoms with Crippen molar-refractivity contribution < 1.29 is 4.74 Å². The number of hydrogen-bond donors (Lipinski definition) is 1. The van der Waals surface area contributed by atoms with Gasteiger partial charge >= 0.3 is 0 Å². The lowest BCUT2D eigenvalue weighted by molar-refractivity contribution is 0.414. The van der Waals surface area contributed by atoms with Crippen LogP contribution in [0.1, 0.15) is 11.3 Å². The molecule has 1 heterocycles. The monoisotopic (exact) mass is 245 g/mol. The SMILES string of the molecule is COc1cc(N)cc(Cn2nc(C)ccc2=O)c1. The fourth-order valence-electron chi connectivity index (χ4n) is 1.73. The molecular weight excluding hydrogens is 230 g/mol. The van der Waals surface area contributed by atoms with Crippen molar-refractivity contribution in [3.63, 3.8) is 0 Å². The molecule has 18 heavy (non-hydrogen) atoms. The third-order valence-corrected chi connectivity index (χ3v) is 2.56. The highest BCUT2D eigenvalue weighted by Gasteiger charge is 2.03. The van der Waals surface area contributed by atoms with E-state index < -0.39 is 0 Å². The molecule has 0 spiro atoms. The predicted molar refractivity (Wildman–Crippen MR) is 69.7 cm³/mol. The molecule has 5 nitrogen and oxygen atoms in total. The first-order valence-electron chi connectivity index (χ1n) is 5.56. The van der Waals surface area contributed by atoms with Crippen molar-refractivity contribution in [2.75, 3.05) is 12.8 Å². The Kier molecular flexibility index (Phi) is 3.32. The molecule has 0 aliphatic carbocycles. The van der Waals surface area contributed by atoms with Crippen LogP contribution in [-0.2, 0) is 6.54 Å². The van der Waals surface area contributed by atoms with Gasteiger partial charge in [0.1, 0.15) is 5.75 Å². The van der Waals surface area contributed by atoms with Crippen molar-refractivity contribution in [2.24, 2.45) is 0 Å². The average molecular weight is 245 g/mol. The van der Waals surface area contributed by atoms with E-state index in [1.807, 2.05) is 13.0 Å². The fraction of sp³-hybridized carbons (Fsp3) is 0.231. The van der Waals surface area contributed by atoms with Gasteiger partial charge in [0.25, 0.3) is 5.56 Å². The normalized spacial score (nSPS) is 10.3. The summed E-state index contributed by atoms with van der Waals surface area (Å²) in [5.74, 6) is 0.672. The van der Waals surface area contributed by atoms with Gasteiger partial charge in [-0.2, -0.15) is 5.10 Å². The molecule has 0 saturated carbocycles. The highest BCUT2D eigenvalue weighted by molar-refractivity contribution is 5.47. The van der Waals surface area contributed by atoms with E-state index in [4.69, 9.17) is 10.5 Å². The first-order chi connectivity index (χ1) is 8.58. The molecule has 0 saturated heterocycles. The fourth-order valence-corrected chi connectivity index (χ4v) is 1.73. The molecule has 0 amide bonds. The number of benzene rings is 1. The minimum atomic E-state index is -0.137. The number of ether oxygens (including phenoxy) is 1. The number of nitrogens with two attached hydrogens (primary N) is 1. The number of rotatable bonds is 3. The number of methoxy groups -OCH3 is 1. The zero-order valence-corrected chi connectivity index (χ0v) is 10.4. The molecule has 0 aliphatic heterocycles. The summed E-state index contributed by atoms with van der Waals surface area (Å²) in [5.41, 5.74) is 7.91. The molecule has 5 heteroatoms. The second-order valence-corrected chi connectivity index (χ2v) is 4.09. The zero-order valence-electron chi connectivity index (χ0n) is 10.4. The Balaban J connectivity index is 2.36. The Bertz CT molecular complexity index is 620. The van der Waals surface area contributed by atoms with E-state index in [2.05, 4.69) is 5.10 Å². The Morgan fingerprint density at radius 1 is 1.33 bits per heavy atom. The summed E-state index contributed by atoms with van der Waals surface area (Å²) in [4.78, 5) is 11.7. The summed E-state index contributed by atoms with van der Waals surface area (Å²) < 4.78 is 6.55. The van der Waals surface area contributed by atoms with Crippen molar-refractivity contribution in [1.29, 1.82) is 0 Å². The molecule has 94 valence electrons. The molecule has 0 fully saturated rings. The van der Waals surface area contributed by atoms with Crippen LogP contribution in [0.15, 0.2) is 35.1 Å². The summed E-state index contributed by atoms with van der Waals surface area (Å²) in [6, 6.07) is 8.58. The van der Waals surface area contributed by atoms with Crippen LogP contribution in [0, 0.1) is 6.92 Å². The van der Waals surface area contributed by atoms with Gasteiger partial charge in [0.05, 0.1) is 19.3 Å². The molecule has 0 atom stereocenters. The van der Waals surface area contributed by atoms with E-state index in [0.717, 1.165) is 11.3 Å². The van der Waals surface area contributed by atoms with Crippen LogP contribution in [-0.4, -0.2) is 16.9 Å². The number of aryl methyl sites for hydroxylation is 1. The van der Waals surface area contributed by atoms with Crippen LogP contribution in [0.25, 0.3) is 0 Å². The molecule has 1 aromatic heterocycles. The highest BCUT2D eigenvalue weighted by atomic mass is 16.5. The molecule has 0 aliphatic rings. The number of hydrogen-bond acceptors (Lipinski definition) is 4. The molecule has 2 aromatic rings. The zero-order chi connectivity index (χ0) is 13.1. The number of nitrogens with zero attached hydrogens (tertiary/aromatic N) is 2. The van der Waals surface area contributed by atoms with Crippen molar-refractivity contribution in [2.45, 2.75) is 13.5 Å². The van der Waals surface area contributed by atoms with Gasteiger partial charge in [-0.05, 0) is 30.7 Å². The lowest BCUT2D eigenvalue weighted by Gasteiger charge is -2.08. The van der Waals surface area contributed by atoms with Gasteiger partial charge in [0.2, 0.25) is 0 Å². The van der Waals surface area contributed by atoms with Crippen LogP contribution in [0.3, 0.4) is 0 Å². The number of nitrogen functional groups attached to an aromatic ring is 1. The van der Waals surface area contributed by atoms with Crippen LogP contribution < -0.4 is 16.0 Å². The smallest absolute Gasteiger partial charge is 0.267 e. The number of aromatic nitrogens is 2. The maximum Gasteiger partial charge on any atom is 0.267 e. The minimum Gasteiger partial charge on any atom is -0.497 e. The van der Waals surface area contributed by atoms with Crippen molar-refractivity contribution in [1.82, 2.24) is 9.78 Å². The molecule has 0 bridgehead atoms. The van der Waals surface area contributed by atoms with Gasteiger partial charge in [-0.25, -0.2) is 4.68 Å². The van der Waals surface area contributed by atoms with E-state index in [1.54, 1.807) is 25.3 Å². The average Bonchev–Trinajstić information content (AvgIpc) is 2.33. The second-order valence-electron chi connectivity index (χ2n) is 4.09. The third-order valence-electron chi connectivity index (χ3n) is 2.56. The van der Waals surface area contributed by atoms with Crippen LogP contribution in [0.5, 0.6) is 5.75 Å². The van der Waals surface area contributed by atoms with Crippen LogP contribution >= 0.6 is 0 Å². The second kappa shape index (κ2) is 4.91. The minimum absolute atomic E-state index is 0.137. The van der Waals surface area contributed by atoms with Crippen molar-refractivity contribution >= 4 is 5.69 Å². The Labute approximate surface area is 105 Å². The van der Waals surface area contributed by atoms with Gasteiger partial charge in [0, 0.05) is 17.8 Å². The van der Waals surface area contributed by atoms with E-state index in [1.165, 1.54) is 10.7 Å². The van der Waals surface area contributed by atoms with E-state index in [9.17, 15) is 4.79 Å². The van der Waals surface area contributed by atoms with Crippen LogP contribution in [0.4, 0.5) is 5.69 Å². The highest BCUT2D eigenvalue weighted by Crippen LogP contribution is 2.18. The van der Waals surface area contributed by atoms with E-state index in [0.29, 0.717) is 18.0 Å². The Morgan fingerprint density at radius 2 is 2.11 bits per heavy atom. The van der Waals surface area contributed by atoms with Gasteiger partial charge in [0.15, 0.2) is 0 Å². The topological polar surface area (TPSA) is 70.1 Å². The van der Waals surface area contributed by atoms with Gasteiger partial charge < -0.3 is 10.5 Å². The summed E-state index contributed by atoms with van der Waals surface area (Å²) in [6.07, 6.45) is 0. The summed E-state index contributed by atoms with van der Waals surface area (Å²) in [7, 11) is 1.58. The predicted octanol–water partition coefficient (Wildman–Crippen LogP) is 1.19. The third kappa shape index (κ3) is 2.68. The van der Waals surface area contributed by atoms with Crippen molar-refractivity contribution in [3.8, 4) is 5.75 Å². The first kappa shape index (κ1) is 12.2. The van der Waals surface area contributed by atoms with E-state index >= 15 is 0 Å². The van der Waals surface area contributed by atoms with Crippen molar-refractivity contribution in [3.05, 3.63) is 51.9 Å². The van der Waals surface area contributed by atoms with Gasteiger partial charge in [-0.1, -0.05) is 0 Å². The van der Waals surface area contributed by atoms with Gasteiger partial charge in [-0.15, -0.1) is 0 Å². The lowest BCUT2D eigenvalue weighted by Crippen LogP contribution is -2.23. The maximum absolute atomic E-state index is 11.7. The molecule has 0 radical (unpaired) electrons. The number of anilines is 1. The summed E-state index contributed by atoms with van der Waals surface area (Å²) in [5, 5.41) is 4.18. The standard InChI is InChI=1S/C13H15N3O2/c1-9-3-4-13(17)16(15-9)8-10-5-11(14)7-12(6-10)18-2/h3-7H,8,14H2,1-2H3. The first-order valence-corrected chi connectivity index (χ1v) is 5.56. The Hall–Kier alpha value is -2.30. The molecule has 2 N–H and O–H groups in total. The summed E-state index contributed by atoms with van der Waals surface area (Å²) in [6.45, 7) is 2.22. The molecule has 2 rings (SSSR count). The Morgan fingerprint density at radius 3 is 2.83 bits per heavy atom. The molecular formula is C13H15N3O2. The molecule has 1 aromatic carbocycles.